The maximum absolute atomic E-state index is 14.3. The molecule has 2 aromatic rings. The second-order valence-corrected chi connectivity index (χ2v) is 5.99. The Kier molecular flexibility index (Phi) is 4.08. The van der Waals surface area contributed by atoms with Crippen LogP contribution >= 0.6 is 0 Å². The van der Waals surface area contributed by atoms with Gasteiger partial charge in [-0.1, -0.05) is 0 Å². The van der Waals surface area contributed by atoms with Crippen LogP contribution < -0.4 is 10.6 Å². The Hall–Kier alpha value is -2.35. The summed E-state index contributed by atoms with van der Waals surface area (Å²) in [4.78, 5) is 12.0. The summed E-state index contributed by atoms with van der Waals surface area (Å²) in [5.74, 6) is -4.07. The summed E-state index contributed by atoms with van der Waals surface area (Å²) in [7, 11) is 0. The van der Waals surface area contributed by atoms with E-state index in [1.807, 2.05) is 6.07 Å². The fourth-order valence-corrected chi connectivity index (χ4v) is 2.76. The van der Waals surface area contributed by atoms with Gasteiger partial charge in [0.1, 0.15) is 5.69 Å². The van der Waals surface area contributed by atoms with E-state index in [9.17, 15) is 18.0 Å². The monoisotopic (exact) mass is 338 g/mol. The van der Waals surface area contributed by atoms with Crippen molar-refractivity contribution in [1.82, 2.24) is 15.1 Å². The lowest BCUT2D eigenvalue weighted by Gasteiger charge is -2.12. The third kappa shape index (κ3) is 3.28. The highest BCUT2D eigenvalue weighted by atomic mass is 19.3. The Bertz CT molecular complexity index is 788. The molecule has 1 aromatic heterocycles. The Labute approximate surface area is 136 Å². The number of halogens is 3. The molecule has 1 atom stereocenters. The number of hydrogen-bond acceptors (Lipinski definition) is 3. The molecule has 8 heteroatoms. The third-order valence-corrected chi connectivity index (χ3v) is 3.88. The van der Waals surface area contributed by atoms with Gasteiger partial charge < -0.3 is 5.32 Å². The molecule has 1 unspecified atom stereocenters. The summed E-state index contributed by atoms with van der Waals surface area (Å²) in [6.45, 7) is 3.08. The van der Waals surface area contributed by atoms with Gasteiger partial charge in [-0.2, -0.15) is 5.10 Å². The fourth-order valence-electron chi connectivity index (χ4n) is 2.76. The minimum Gasteiger partial charge on any atom is -0.325 e. The molecule has 0 aliphatic carbocycles. The maximum Gasteiger partial charge on any atom is 0.262 e. The average Bonchev–Trinajstić information content (AvgIpc) is 3.01. The van der Waals surface area contributed by atoms with Crippen molar-refractivity contribution in [3.63, 3.8) is 0 Å². The molecule has 1 aliphatic rings. The van der Waals surface area contributed by atoms with E-state index in [0.717, 1.165) is 17.5 Å². The van der Waals surface area contributed by atoms with Gasteiger partial charge in [-0.25, -0.2) is 17.9 Å². The van der Waals surface area contributed by atoms with E-state index < -0.39 is 36.7 Å². The lowest BCUT2D eigenvalue weighted by atomic mass is 10.1. The molecule has 0 saturated carbocycles. The van der Waals surface area contributed by atoms with Crippen molar-refractivity contribution in [2.75, 3.05) is 11.9 Å². The van der Waals surface area contributed by atoms with Crippen LogP contribution in [0.5, 0.6) is 0 Å². The van der Waals surface area contributed by atoms with Crippen molar-refractivity contribution in [2.45, 2.75) is 32.2 Å². The first-order valence-corrected chi connectivity index (χ1v) is 7.50. The maximum atomic E-state index is 14.3. The molecule has 5 nitrogen and oxygen atoms in total. The normalized spacial score (nSPS) is 19.5. The highest BCUT2D eigenvalue weighted by molar-refractivity contribution is 5.95. The number of amides is 1. The van der Waals surface area contributed by atoms with Gasteiger partial charge in [-0.3, -0.25) is 10.1 Å². The quantitative estimate of drug-likeness (QED) is 0.904. The summed E-state index contributed by atoms with van der Waals surface area (Å²) < 4.78 is 42.0. The van der Waals surface area contributed by atoms with Crippen LogP contribution in [0.25, 0.3) is 5.69 Å². The number of alkyl halides is 2. The molecule has 0 radical (unpaired) electrons. The Morgan fingerprint density at radius 1 is 1.38 bits per heavy atom. The second-order valence-electron chi connectivity index (χ2n) is 5.99. The number of aromatic nitrogens is 2. The van der Waals surface area contributed by atoms with E-state index in [1.165, 1.54) is 16.8 Å². The van der Waals surface area contributed by atoms with Crippen LogP contribution in [0.1, 0.15) is 17.8 Å². The fraction of sp³-hybridized carbons (Fsp3) is 0.375. The number of carbonyl (C=O) groups is 1. The molecule has 2 N–H and O–H groups in total. The molecule has 1 aliphatic heterocycles. The molecule has 0 spiro atoms. The molecular weight excluding hydrogens is 321 g/mol. The van der Waals surface area contributed by atoms with Crippen LogP contribution in [-0.2, 0) is 4.79 Å². The summed E-state index contributed by atoms with van der Waals surface area (Å²) in [5.41, 5.74) is 2.00. The number of nitrogens with zero attached hydrogens (tertiary/aromatic N) is 2. The molecule has 3 rings (SSSR count). The van der Waals surface area contributed by atoms with E-state index >= 15 is 0 Å². The smallest absolute Gasteiger partial charge is 0.262 e. The highest BCUT2D eigenvalue weighted by Gasteiger charge is 2.42. The first-order chi connectivity index (χ1) is 11.2. The zero-order chi connectivity index (χ0) is 17.5. The van der Waals surface area contributed by atoms with E-state index in [4.69, 9.17) is 0 Å². The summed E-state index contributed by atoms with van der Waals surface area (Å²) in [5, 5.41) is 9.12. The van der Waals surface area contributed by atoms with Gasteiger partial charge in [0, 0.05) is 17.8 Å². The van der Waals surface area contributed by atoms with Crippen LogP contribution in [0, 0.1) is 19.7 Å². The number of hydrogen-bond donors (Lipinski definition) is 2. The van der Waals surface area contributed by atoms with E-state index in [1.54, 1.807) is 13.8 Å². The third-order valence-electron chi connectivity index (χ3n) is 3.88. The summed E-state index contributed by atoms with van der Waals surface area (Å²) in [6, 6.07) is 4.98. The van der Waals surface area contributed by atoms with Gasteiger partial charge in [0.25, 0.3) is 5.92 Å². The van der Waals surface area contributed by atoms with E-state index in [-0.39, 0.29) is 11.4 Å². The van der Waals surface area contributed by atoms with Crippen molar-refractivity contribution >= 4 is 11.6 Å². The molecule has 1 saturated heterocycles. The number of aryl methyl sites for hydroxylation is 2. The van der Waals surface area contributed by atoms with Crippen LogP contribution in [0.2, 0.25) is 0 Å². The lowest BCUT2D eigenvalue weighted by molar-refractivity contribution is -0.118. The van der Waals surface area contributed by atoms with Crippen LogP contribution in [0.4, 0.5) is 18.9 Å². The molecule has 1 aromatic carbocycles. The zero-order valence-corrected chi connectivity index (χ0v) is 13.2. The Balaban J connectivity index is 1.76. The largest absolute Gasteiger partial charge is 0.325 e. The minimum absolute atomic E-state index is 0.208. The molecule has 1 fully saturated rings. The molecule has 24 heavy (non-hydrogen) atoms. The van der Waals surface area contributed by atoms with Crippen molar-refractivity contribution in [1.29, 1.82) is 0 Å². The van der Waals surface area contributed by atoms with Crippen LogP contribution in [0.3, 0.4) is 0 Å². The van der Waals surface area contributed by atoms with Crippen molar-refractivity contribution in [2.24, 2.45) is 0 Å². The lowest BCUT2D eigenvalue weighted by Crippen LogP contribution is -2.35. The summed E-state index contributed by atoms with van der Waals surface area (Å²) >= 11 is 0. The standard InChI is InChI=1S/C16H17F3N4O/c1-9-5-10(2)23(22-9)14-4-3-11(6-12(14)17)21-15(24)13-7-16(18,19)8-20-13/h3-6,13,20H,7-8H2,1-2H3,(H,21,24). The predicted octanol–water partition coefficient (Wildman–Crippen LogP) is 2.56. The number of anilines is 1. The predicted molar refractivity (Wildman–Crippen MR) is 83.0 cm³/mol. The number of carbonyl (C=O) groups excluding carboxylic acids is 1. The van der Waals surface area contributed by atoms with Crippen molar-refractivity contribution < 1.29 is 18.0 Å². The van der Waals surface area contributed by atoms with Gasteiger partial charge in [-0.15, -0.1) is 0 Å². The van der Waals surface area contributed by atoms with Gasteiger partial charge in [0.2, 0.25) is 5.91 Å². The van der Waals surface area contributed by atoms with Crippen LogP contribution in [0.15, 0.2) is 24.3 Å². The van der Waals surface area contributed by atoms with Crippen LogP contribution in [-0.4, -0.2) is 34.2 Å². The van der Waals surface area contributed by atoms with Gasteiger partial charge >= 0.3 is 0 Å². The number of nitrogens with one attached hydrogen (secondary N) is 2. The van der Waals surface area contributed by atoms with Gasteiger partial charge in [-0.05, 0) is 38.1 Å². The van der Waals surface area contributed by atoms with Gasteiger partial charge in [0.15, 0.2) is 5.82 Å². The SMILES string of the molecule is Cc1cc(C)n(-c2ccc(NC(=O)C3CC(F)(F)CN3)cc2F)n1. The van der Waals surface area contributed by atoms with E-state index in [2.05, 4.69) is 15.7 Å². The number of rotatable bonds is 3. The Morgan fingerprint density at radius 2 is 2.12 bits per heavy atom. The molecule has 128 valence electrons. The average molecular weight is 338 g/mol. The molecular formula is C16H17F3N4O. The minimum atomic E-state index is -2.90. The van der Waals surface area contributed by atoms with Gasteiger partial charge in [0.05, 0.1) is 18.3 Å². The molecule has 2 heterocycles. The van der Waals surface area contributed by atoms with Crippen molar-refractivity contribution in [3.8, 4) is 5.69 Å². The first kappa shape index (κ1) is 16.5. The summed E-state index contributed by atoms with van der Waals surface area (Å²) in [6.07, 6.45) is -0.564. The zero-order valence-electron chi connectivity index (χ0n) is 13.2. The van der Waals surface area contributed by atoms with E-state index in [0.29, 0.717) is 0 Å². The molecule has 1 amide bonds. The topological polar surface area (TPSA) is 59.0 Å². The number of benzene rings is 1. The highest BCUT2D eigenvalue weighted by Crippen LogP contribution is 2.26. The first-order valence-electron chi connectivity index (χ1n) is 7.50. The Morgan fingerprint density at radius 3 is 2.67 bits per heavy atom. The second kappa shape index (κ2) is 5.94. The van der Waals surface area contributed by atoms with Crippen molar-refractivity contribution in [3.05, 3.63) is 41.5 Å². The molecule has 0 bridgehead atoms.